The number of carbonyl (C=O) groups is 1. The average Bonchev–Trinajstić information content (AvgIpc) is 2.51. The fourth-order valence-electron chi connectivity index (χ4n) is 1.76. The molecule has 0 amide bonds. The normalized spacial score (nSPS) is 9.60. The van der Waals surface area contributed by atoms with Crippen LogP contribution in [0, 0.1) is 10.7 Å². The van der Waals surface area contributed by atoms with Gasteiger partial charge in [-0.05, 0) is 40.0 Å². The molecule has 25 heavy (non-hydrogen) atoms. The molecule has 0 fully saturated rings. The molecule has 0 aliphatic carbocycles. The molecule has 2 aromatic rings. The maximum Gasteiger partial charge on any atom is 0.186 e. The first-order valence-corrected chi connectivity index (χ1v) is 7.25. The summed E-state index contributed by atoms with van der Waals surface area (Å²) >= 11 is 0.465. The van der Waals surface area contributed by atoms with E-state index in [1.54, 1.807) is 36.4 Å². The van der Waals surface area contributed by atoms with Crippen LogP contribution < -0.4 is 4.74 Å². The third-order valence-corrected chi connectivity index (χ3v) is 3.07. The minimum Gasteiger partial charge on any atom is -0.508 e. The molecule has 127 valence electrons. The molecule has 6 nitrogen and oxygen atoms in total. The number of phenolic OH excluding ortho intramolecular Hbond substituents is 2. The molecule has 0 unspecified atom stereocenters. The number of ether oxygens (including phenoxy) is 1. The van der Waals surface area contributed by atoms with Crippen LogP contribution in [0.15, 0.2) is 47.0 Å². The number of hydrogen-bond donors (Lipinski definition) is 2. The molecule has 0 saturated heterocycles. The smallest absolute Gasteiger partial charge is 0.186 e. The SMILES string of the molecule is O=NS[CH-]C(=O)Oc1ccc(/C=C/c2cc(O)cc(O)c2)cc1.[Re].[Rf]. The van der Waals surface area contributed by atoms with E-state index >= 15 is 0 Å². The van der Waals surface area contributed by atoms with E-state index in [4.69, 9.17) is 4.74 Å². The van der Waals surface area contributed by atoms with Crippen LogP contribution >= 0.6 is 11.9 Å². The fraction of sp³-hybridized carbons (Fsp3) is 0. The van der Waals surface area contributed by atoms with Crippen LogP contribution in [0.3, 0.4) is 0 Å². The zero-order valence-corrected chi connectivity index (χ0v) is 22.8. The van der Waals surface area contributed by atoms with Gasteiger partial charge in [0.1, 0.15) is 17.2 Å². The molecule has 0 spiro atoms. The van der Waals surface area contributed by atoms with Gasteiger partial charge in [0, 0.05) is 26.5 Å². The van der Waals surface area contributed by atoms with Crippen LogP contribution in [0.1, 0.15) is 11.1 Å². The van der Waals surface area contributed by atoms with Crippen molar-refractivity contribution in [3.05, 3.63) is 64.3 Å². The summed E-state index contributed by atoms with van der Waals surface area (Å²) in [5.74, 6) is 0.588. The summed E-state index contributed by atoms with van der Waals surface area (Å²) in [5.41, 5.74) is 1.48. The van der Waals surface area contributed by atoms with Gasteiger partial charge in [0.05, 0.1) is 0 Å². The van der Waals surface area contributed by atoms with Crippen molar-refractivity contribution in [1.29, 1.82) is 0 Å². The Labute approximate surface area is 156 Å². The molecule has 0 saturated carbocycles. The third kappa shape index (κ3) is 7.22. The Morgan fingerprint density at radius 2 is 1.60 bits per heavy atom. The Bertz CT molecular complexity index is 720. The molecule has 2 rings (SSSR count). The van der Waals surface area contributed by atoms with Crippen LogP contribution in [0.4, 0.5) is 0 Å². The van der Waals surface area contributed by atoms with Crippen LogP contribution in [0.5, 0.6) is 17.2 Å². The van der Waals surface area contributed by atoms with Gasteiger partial charge in [-0.3, -0.25) is 4.79 Å². The number of aromatic hydroxyl groups is 2. The minimum absolute atomic E-state index is 0. The number of rotatable bonds is 6. The molecule has 0 aliphatic heterocycles. The Kier molecular flexibility index (Phi) is 9.12. The monoisotopic (exact) mass is 784 g/mol. The van der Waals surface area contributed by atoms with Crippen molar-refractivity contribution in [2.24, 2.45) is 4.58 Å². The maximum absolute atomic E-state index is 11.3. The largest absolute Gasteiger partial charge is 0.508 e. The fourth-order valence-corrected chi connectivity index (χ4v) is 1.94. The standard InChI is InChI=1S/C16H12NO5S.Re.Rf/c18-13-7-12(8-14(19)9-13)2-1-11-3-5-15(6-4-11)22-16(20)10-23-17-21;;/h1-10,18-19H;;/q-1;;/b2-1+;;. The van der Waals surface area contributed by atoms with Gasteiger partial charge >= 0.3 is 0 Å². The average molecular weight is 784 g/mol. The predicted octanol–water partition coefficient (Wildman–Crippen LogP) is 3.75. The Morgan fingerprint density at radius 1 is 1.04 bits per heavy atom. The van der Waals surface area contributed by atoms with E-state index in [2.05, 4.69) is 4.58 Å². The molecule has 9 heteroatoms. The number of nitroso groups, excluding NO2 is 1. The van der Waals surface area contributed by atoms with Crippen molar-refractivity contribution in [1.82, 2.24) is 0 Å². The van der Waals surface area contributed by atoms with Crippen LogP contribution in [0.2, 0.25) is 0 Å². The molecule has 0 aromatic heterocycles. The van der Waals surface area contributed by atoms with E-state index < -0.39 is 5.97 Å². The Balaban J connectivity index is 0.00000288. The van der Waals surface area contributed by atoms with Gasteiger partial charge in [0.25, 0.3) is 0 Å². The summed E-state index contributed by atoms with van der Waals surface area (Å²) in [4.78, 5) is 21.1. The molecule has 2 aromatic carbocycles. The topological polar surface area (TPSA) is 96.2 Å². The van der Waals surface area contributed by atoms with Crippen LogP contribution in [-0.4, -0.2) is 16.2 Å². The quantitative estimate of drug-likeness (QED) is 0.116. The molecule has 0 heterocycles. The minimum atomic E-state index is -0.673. The molecule has 0 bridgehead atoms. The molecule has 0 atom stereocenters. The van der Waals surface area contributed by atoms with E-state index in [1.165, 1.54) is 18.2 Å². The van der Waals surface area contributed by atoms with Crippen molar-refractivity contribution < 1.29 is 40.2 Å². The first-order chi connectivity index (χ1) is 11.1. The van der Waals surface area contributed by atoms with E-state index in [1.807, 2.05) is 0 Å². The second-order valence-corrected chi connectivity index (χ2v) is 5.00. The molecule has 1 radical (unpaired) electrons. The first kappa shape index (κ1) is 21.7. The first-order valence-electron chi connectivity index (χ1n) is 6.41. The zero-order valence-electron chi connectivity index (χ0n) is 12.8. The predicted molar refractivity (Wildman–Crippen MR) is 88.5 cm³/mol. The van der Waals surface area contributed by atoms with Gasteiger partial charge in [-0.25, -0.2) is 5.75 Å². The van der Waals surface area contributed by atoms with E-state index in [9.17, 15) is 19.9 Å². The summed E-state index contributed by atoms with van der Waals surface area (Å²) in [6.07, 6.45) is 3.50. The van der Waals surface area contributed by atoms with Gasteiger partial charge in [0.15, 0.2) is 5.97 Å². The van der Waals surface area contributed by atoms with E-state index in [0.717, 1.165) is 11.3 Å². The Morgan fingerprint density at radius 3 is 2.16 bits per heavy atom. The number of esters is 1. The van der Waals surface area contributed by atoms with Crippen molar-refractivity contribution >= 4 is 30.1 Å². The number of benzene rings is 2. The van der Waals surface area contributed by atoms with Crippen LogP contribution in [-0.2, 0) is 25.2 Å². The molecular formula is C16H12NO5ReRfS-. The summed E-state index contributed by atoms with van der Waals surface area (Å²) < 4.78 is 7.42. The van der Waals surface area contributed by atoms with Gasteiger partial charge in [-0.1, -0.05) is 24.3 Å². The number of hydrogen-bond acceptors (Lipinski definition) is 7. The zero-order chi connectivity index (χ0) is 16.7. The van der Waals surface area contributed by atoms with Gasteiger partial charge in [-0.2, -0.15) is 0 Å². The summed E-state index contributed by atoms with van der Waals surface area (Å²) in [6, 6.07) is 10.9. The van der Waals surface area contributed by atoms with Gasteiger partial charge in [0.2, 0.25) is 0 Å². The van der Waals surface area contributed by atoms with Crippen molar-refractivity contribution in [3.8, 4) is 17.2 Å². The van der Waals surface area contributed by atoms with Gasteiger partial charge < -0.3 is 14.9 Å². The van der Waals surface area contributed by atoms with Crippen molar-refractivity contribution in [2.75, 3.05) is 0 Å². The molecule has 2 N–H and O–H groups in total. The number of carbonyl (C=O) groups excluding carboxylic acids is 1. The number of nitrogens with zero attached hydrogens (tertiary/aromatic N) is 1. The summed E-state index contributed by atoms with van der Waals surface area (Å²) in [6.45, 7) is 0. The van der Waals surface area contributed by atoms with Crippen molar-refractivity contribution in [2.45, 2.75) is 0 Å². The summed E-state index contributed by atoms with van der Waals surface area (Å²) in [5, 5.41) is 18.8. The van der Waals surface area contributed by atoms with E-state index in [-0.39, 0.29) is 31.9 Å². The molecule has 0 aliphatic rings. The van der Waals surface area contributed by atoms with E-state index in [0.29, 0.717) is 23.3 Å². The molecular weight excluding hydrogens is 771 g/mol. The Hall–Kier alpha value is -3.27. The maximum atomic E-state index is 11.3. The van der Waals surface area contributed by atoms with Gasteiger partial charge in [-0.15, -0.1) is 16.9 Å². The number of phenols is 2. The van der Waals surface area contributed by atoms with Crippen molar-refractivity contribution in [3.63, 3.8) is 0 Å². The second-order valence-electron chi connectivity index (χ2n) is 4.40. The third-order valence-electron chi connectivity index (χ3n) is 2.68. The van der Waals surface area contributed by atoms with Crippen LogP contribution in [0.25, 0.3) is 12.2 Å². The summed E-state index contributed by atoms with van der Waals surface area (Å²) in [7, 11) is 0. The second kappa shape index (κ2) is 10.5.